The van der Waals surface area contributed by atoms with Gasteiger partial charge in [0.15, 0.2) is 0 Å². The van der Waals surface area contributed by atoms with E-state index < -0.39 is 0 Å². The summed E-state index contributed by atoms with van der Waals surface area (Å²) < 4.78 is 5.17. The first kappa shape index (κ1) is 14.7. The van der Waals surface area contributed by atoms with Crippen LogP contribution in [0, 0.1) is 0 Å². The highest BCUT2D eigenvalue weighted by Crippen LogP contribution is 2.00. The van der Waals surface area contributed by atoms with Gasteiger partial charge < -0.3 is 10.1 Å². The first-order valence-corrected chi connectivity index (χ1v) is 6.73. The van der Waals surface area contributed by atoms with Gasteiger partial charge in [-0.05, 0) is 31.5 Å². The predicted octanol–water partition coefficient (Wildman–Crippen LogP) is 2.55. The van der Waals surface area contributed by atoms with Gasteiger partial charge in [-0.25, -0.2) is 0 Å². The lowest BCUT2D eigenvalue weighted by molar-refractivity contribution is -0.142. The smallest absolute Gasteiger partial charge is 0.310 e. The van der Waals surface area contributed by atoms with Crippen LogP contribution in [-0.4, -0.2) is 25.7 Å². The third-order valence-electron chi connectivity index (χ3n) is 2.66. The van der Waals surface area contributed by atoms with Gasteiger partial charge in [0.25, 0.3) is 0 Å². The van der Waals surface area contributed by atoms with E-state index in [0.717, 1.165) is 25.1 Å². The zero-order valence-electron chi connectivity index (χ0n) is 11.2. The van der Waals surface area contributed by atoms with Crippen LogP contribution in [0.15, 0.2) is 30.3 Å². The number of carbonyl (C=O) groups is 1. The minimum atomic E-state index is -0.144. The molecule has 3 nitrogen and oxygen atoms in total. The maximum atomic E-state index is 11.5. The van der Waals surface area contributed by atoms with Gasteiger partial charge in [-0.3, -0.25) is 4.79 Å². The normalized spacial score (nSPS) is 10.3. The molecule has 0 fully saturated rings. The van der Waals surface area contributed by atoms with Crippen molar-refractivity contribution in [2.45, 2.75) is 32.6 Å². The highest BCUT2D eigenvalue weighted by molar-refractivity contribution is 5.72. The molecule has 1 rings (SSSR count). The number of unbranched alkanes of at least 4 members (excludes halogenated alkanes) is 1. The molecule has 0 aromatic heterocycles. The van der Waals surface area contributed by atoms with Crippen molar-refractivity contribution in [3.8, 4) is 0 Å². The Bertz CT molecular complexity index is 325. The molecule has 0 heterocycles. The van der Waals surface area contributed by atoms with Gasteiger partial charge in [0.1, 0.15) is 0 Å². The second-order valence-electron chi connectivity index (χ2n) is 4.34. The fourth-order valence-electron chi connectivity index (χ4n) is 1.62. The van der Waals surface area contributed by atoms with E-state index in [0.29, 0.717) is 13.0 Å². The van der Waals surface area contributed by atoms with Gasteiger partial charge in [0, 0.05) is 0 Å². The summed E-state index contributed by atoms with van der Waals surface area (Å²) in [5.74, 6) is -0.144. The molecule has 1 aromatic rings. The molecule has 18 heavy (non-hydrogen) atoms. The average Bonchev–Trinajstić information content (AvgIpc) is 2.39. The standard InChI is InChI=1S/C15H23NO2/c1-2-3-10-16-11-7-12-18-15(17)13-14-8-5-4-6-9-14/h4-6,8-9,16H,2-3,7,10-13H2,1H3. The second kappa shape index (κ2) is 9.66. The van der Waals surface area contributed by atoms with Crippen LogP contribution in [0.3, 0.4) is 0 Å². The van der Waals surface area contributed by atoms with Crippen molar-refractivity contribution in [3.05, 3.63) is 35.9 Å². The molecule has 0 radical (unpaired) electrons. The van der Waals surface area contributed by atoms with E-state index in [1.54, 1.807) is 0 Å². The predicted molar refractivity (Wildman–Crippen MR) is 73.5 cm³/mol. The fraction of sp³-hybridized carbons (Fsp3) is 0.533. The second-order valence-corrected chi connectivity index (χ2v) is 4.34. The number of hydrogen-bond donors (Lipinski definition) is 1. The van der Waals surface area contributed by atoms with Crippen LogP contribution in [0.1, 0.15) is 31.7 Å². The van der Waals surface area contributed by atoms with Crippen LogP contribution in [-0.2, 0) is 16.0 Å². The molecule has 3 heteroatoms. The lowest BCUT2D eigenvalue weighted by atomic mass is 10.2. The van der Waals surface area contributed by atoms with Crippen molar-refractivity contribution in [1.82, 2.24) is 5.32 Å². The Hall–Kier alpha value is -1.35. The van der Waals surface area contributed by atoms with E-state index >= 15 is 0 Å². The van der Waals surface area contributed by atoms with Crippen LogP contribution in [0.2, 0.25) is 0 Å². The molecule has 0 aliphatic carbocycles. The van der Waals surface area contributed by atoms with Crippen molar-refractivity contribution < 1.29 is 9.53 Å². The zero-order chi connectivity index (χ0) is 13.1. The molecule has 1 aromatic carbocycles. The molecule has 1 N–H and O–H groups in total. The maximum absolute atomic E-state index is 11.5. The third-order valence-corrected chi connectivity index (χ3v) is 2.66. The summed E-state index contributed by atoms with van der Waals surface area (Å²) in [6.07, 6.45) is 3.65. The molecule has 0 saturated heterocycles. The largest absolute Gasteiger partial charge is 0.465 e. The van der Waals surface area contributed by atoms with Crippen molar-refractivity contribution in [2.75, 3.05) is 19.7 Å². The molecule has 0 aliphatic heterocycles. The summed E-state index contributed by atoms with van der Waals surface area (Å²) in [5, 5.41) is 3.32. The molecule has 0 aliphatic rings. The van der Waals surface area contributed by atoms with Crippen molar-refractivity contribution in [1.29, 1.82) is 0 Å². The van der Waals surface area contributed by atoms with Gasteiger partial charge in [0.05, 0.1) is 13.0 Å². The Labute approximate surface area is 110 Å². The molecule has 0 unspecified atom stereocenters. The summed E-state index contributed by atoms with van der Waals surface area (Å²) in [6, 6.07) is 9.68. The molecular weight excluding hydrogens is 226 g/mol. The van der Waals surface area contributed by atoms with Crippen LogP contribution < -0.4 is 5.32 Å². The summed E-state index contributed by atoms with van der Waals surface area (Å²) in [5.41, 5.74) is 1.00. The fourth-order valence-corrected chi connectivity index (χ4v) is 1.62. The Morgan fingerprint density at radius 1 is 1.17 bits per heavy atom. The first-order chi connectivity index (χ1) is 8.83. The minimum absolute atomic E-state index is 0.144. The topological polar surface area (TPSA) is 38.3 Å². The van der Waals surface area contributed by atoms with E-state index in [2.05, 4.69) is 12.2 Å². The van der Waals surface area contributed by atoms with Gasteiger partial charge >= 0.3 is 5.97 Å². The van der Waals surface area contributed by atoms with Crippen molar-refractivity contribution in [2.24, 2.45) is 0 Å². The van der Waals surface area contributed by atoms with E-state index in [1.165, 1.54) is 12.8 Å². The van der Waals surface area contributed by atoms with E-state index in [9.17, 15) is 4.79 Å². The molecule has 0 bridgehead atoms. The molecule has 100 valence electrons. The van der Waals surface area contributed by atoms with Gasteiger partial charge in [-0.1, -0.05) is 43.7 Å². The maximum Gasteiger partial charge on any atom is 0.310 e. The monoisotopic (exact) mass is 249 g/mol. The van der Waals surface area contributed by atoms with Crippen LogP contribution in [0.25, 0.3) is 0 Å². The summed E-state index contributed by atoms with van der Waals surface area (Å²) >= 11 is 0. The molecule has 0 saturated carbocycles. The SMILES string of the molecule is CCCCNCCCOC(=O)Cc1ccccc1. The highest BCUT2D eigenvalue weighted by atomic mass is 16.5. The van der Waals surface area contributed by atoms with Crippen molar-refractivity contribution >= 4 is 5.97 Å². The van der Waals surface area contributed by atoms with Gasteiger partial charge in [-0.15, -0.1) is 0 Å². The number of carbonyl (C=O) groups excluding carboxylic acids is 1. The summed E-state index contributed by atoms with van der Waals surface area (Å²) in [7, 11) is 0. The van der Waals surface area contributed by atoms with Crippen LogP contribution in [0.5, 0.6) is 0 Å². The van der Waals surface area contributed by atoms with Gasteiger partial charge in [0.2, 0.25) is 0 Å². The quantitative estimate of drug-likeness (QED) is 0.540. The Balaban J connectivity index is 2.00. The Kier molecular flexibility index (Phi) is 7.89. The molecule has 0 amide bonds. The molecular formula is C15H23NO2. The number of esters is 1. The third kappa shape index (κ3) is 7.07. The number of ether oxygens (including phenoxy) is 1. The number of hydrogen-bond acceptors (Lipinski definition) is 3. The van der Waals surface area contributed by atoms with Crippen LogP contribution in [0.4, 0.5) is 0 Å². The van der Waals surface area contributed by atoms with E-state index in [-0.39, 0.29) is 5.97 Å². The average molecular weight is 249 g/mol. The number of rotatable bonds is 9. The number of benzene rings is 1. The van der Waals surface area contributed by atoms with Gasteiger partial charge in [-0.2, -0.15) is 0 Å². The van der Waals surface area contributed by atoms with E-state index in [4.69, 9.17) is 4.74 Å². The van der Waals surface area contributed by atoms with Crippen LogP contribution >= 0.6 is 0 Å². The first-order valence-electron chi connectivity index (χ1n) is 6.73. The molecule has 0 atom stereocenters. The summed E-state index contributed by atoms with van der Waals surface area (Å²) in [6.45, 7) is 4.64. The Morgan fingerprint density at radius 2 is 1.89 bits per heavy atom. The minimum Gasteiger partial charge on any atom is -0.465 e. The highest BCUT2D eigenvalue weighted by Gasteiger charge is 2.03. The molecule has 0 spiro atoms. The lowest BCUT2D eigenvalue weighted by Crippen LogP contribution is -2.19. The van der Waals surface area contributed by atoms with E-state index in [1.807, 2.05) is 30.3 Å². The Morgan fingerprint density at radius 3 is 2.61 bits per heavy atom. The zero-order valence-corrected chi connectivity index (χ0v) is 11.2. The lowest BCUT2D eigenvalue weighted by Gasteiger charge is -2.06. The van der Waals surface area contributed by atoms with Crippen molar-refractivity contribution in [3.63, 3.8) is 0 Å². The summed E-state index contributed by atoms with van der Waals surface area (Å²) in [4.78, 5) is 11.5. The number of nitrogens with one attached hydrogen (secondary N) is 1.